The van der Waals surface area contributed by atoms with Crippen LogP contribution in [0, 0.1) is 17.6 Å². The molecule has 1 unspecified atom stereocenters. The van der Waals surface area contributed by atoms with Gasteiger partial charge in [0.15, 0.2) is 17.5 Å². The van der Waals surface area contributed by atoms with Crippen LogP contribution in [-0.2, 0) is 16.2 Å². The van der Waals surface area contributed by atoms with Crippen LogP contribution in [-0.4, -0.2) is 36.9 Å². The number of carboxylic acid groups (broad SMARTS) is 1. The molecule has 0 saturated heterocycles. The first-order chi connectivity index (χ1) is 15.8. The van der Waals surface area contributed by atoms with Gasteiger partial charge in [0.1, 0.15) is 29.9 Å². The van der Waals surface area contributed by atoms with Crippen LogP contribution in [0.1, 0.15) is 31.1 Å². The highest BCUT2D eigenvalue weighted by atomic mass is 19.1. The fourth-order valence-corrected chi connectivity index (χ4v) is 3.39. The molecule has 1 aliphatic rings. The molecule has 3 N–H and O–H groups in total. The summed E-state index contributed by atoms with van der Waals surface area (Å²) in [6, 6.07) is 6.65. The van der Waals surface area contributed by atoms with Crippen molar-refractivity contribution in [2.75, 3.05) is 5.32 Å². The van der Waals surface area contributed by atoms with Crippen LogP contribution < -0.4 is 10.8 Å². The van der Waals surface area contributed by atoms with Gasteiger partial charge in [-0.1, -0.05) is 32.0 Å². The number of carboxylic acids is 1. The predicted octanol–water partition coefficient (Wildman–Crippen LogP) is 3.28. The number of hydroxylamine groups is 1. The van der Waals surface area contributed by atoms with Crippen LogP contribution in [0.4, 0.5) is 14.6 Å². The van der Waals surface area contributed by atoms with Gasteiger partial charge in [-0.05, 0) is 24.1 Å². The molecule has 3 aromatic rings. The maximum absolute atomic E-state index is 14.4. The minimum absolute atomic E-state index is 0.0863. The van der Waals surface area contributed by atoms with Gasteiger partial charge in [-0.15, -0.1) is 5.48 Å². The zero-order valence-electron chi connectivity index (χ0n) is 17.9. The Morgan fingerprint density at radius 2 is 2.09 bits per heavy atom. The third-order valence-corrected chi connectivity index (χ3v) is 5.14. The second-order valence-corrected chi connectivity index (χ2v) is 7.84. The van der Waals surface area contributed by atoms with Crippen molar-refractivity contribution < 1.29 is 23.5 Å². The molecule has 172 valence electrons. The van der Waals surface area contributed by atoms with Crippen LogP contribution in [0.3, 0.4) is 0 Å². The van der Waals surface area contributed by atoms with Crippen molar-refractivity contribution in [3.8, 4) is 11.5 Å². The SMILES string of the molecule is CC(C)[C@@H](Nc1nc(-c2cc(C3C=CON3)n(Cc3ccccc3F)n2)ncc1F)C(=O)O. The number of aliphatic carboxylic acids is 1. The molecule has 0 fully saturated rings. The molecule has 0 aliphatic carbocycles. The molecule has 9 nitrogen and oxygen atoms in total. The van der Waals surface area contributed by atoms with Crippen LogP contribution in [0.25, 0.3) is 11.5 Å². The number of carbonyl (C=O) groups is 1. The molecule has 11 heteroatoms. The summed E-state index contributed by atoms with van der Waals surface area (Å²) < 4.78 is 30.2. The average molecular weight is 456 g/mol. The molecule has 4 rings (SSSR count). The second kappa shape index (κ2) is 9.33. The smallest absolute Gasteiger partial charge is 0.326 e. The Bertz CT molecular complexity index is 1200. The van der Waals surface area contributed by atoms with Crippen molar-refractivity contribution in [2.24, 2.45) is 5.92 Å². The molecule has 2 aromatic heterocycles. The van der Waals surface area contributed by atoms with E-state index in [1.165, 1.54) is 12.3 Å². The summed E-state index contributed by atoms with van der Waals surface area (Å²) in [5.74, 6) is -2.75. The Morgan fingerprint density at radius 3 is 2.76 bits per heavy atom. The molecule has 0 amide bonds. The number of aromatic nitrogens is 4. The molecule has 2 atom stereocenters. The third-order valence-electron chi connectivity index (χ3n) is 5.14. The maximum Gasteiger partial charge on any atom is 0.326 e. The molecule has 1 aliphatic heterocycles. The monoisotopic (exact) mass is 456 g/mol. The summed E-state index contributed by atoms with van der Waals surface area (Å²) in [7, 11) is 0. The highest BCUT2D eigenvalue weighted by Gasteiger charge is 2.25. The van der Waals surface area contributed by atoms with E-state index in [-0.39, 0.29) is 36.0 Å². The van der Waals surface area contributed by atoms with Crippen molar-refractivity contribution in [2.45, 2.75) is 32.5 Å². The van der Waals surface area contributed by atoms with E-state index in [0.717, 1.165) is 6.20 Å². The zero-order valence-corrected chi connectivity index (χ0v) is 17.9. The van der Waals surface area contributed by atoms with E-state index in [2.05, 4.69) is 25.9 Å². The van der Waals surface area contributed by atoms with Crippen LogP contribution in [0.15, 0.2) is 48.9 Å². The molecule has 0 spiro atoms. The molecule has 0 bridgehead atoms. The Kier molecular flexibility index (Phi) is 6.31. The largest absolute Gasteiger partial charge is 0.480 e. The quantitative estimate of drug-likeness (QED) is 0.473. The first-order valence-corrected chi connectivity index (χ1v) is 10.2. The summed E-state index contributed by atoms with van der Waals surface area (Å²) in [6.45, 7) is 3.54. The molecular weight excluding hydrogens is 434 g/mol. The van der Waals surface area contributed by atoms with E-state index in [1.54, 1.807) is 48.9 Å². The van der Waals surface area contributed by atoms with Gasteiger partial charge in [0.2, 0.25) is 0 Å². The number of halogens is 2. The number of nitrogens with one attached hydrogen (secondary N) is 2. The Morgan fingerprint density at radius 1 is 1.30 bits per heavy atom. The van der Waals surface area contributed by atoms with E-state index >= 15 is 0 Å². The van der Waals surface area contributed by atoms with Gasteiger partial charge in [-0.2, -0.15) is 5.10 Å². The molecule has 1 aromatic carbocycles. The Balaban J connectivity index is 1.71. The standard InChI is InChI=1S/C22H22F2N6O3/c1-12(2)19(22(31)32)26-20-15(24)10-25-21(27-20)17-9-18(16-7-8-33-29-16)30(28-17)11-13-5-3-4-6-14(13)23/h3-10,12,16,19,29H,11H2,1-2H3,(H,31,32)(H,25,26,27)/t16?,19-/m1/s1. The molecular formula is C22H22F2N6O3. The average Bonchev–Trinajstić information content (AvgIpc) is 3.44. The highest BCUT2D eigenvalue weighted by Crippen LogP contribution is 2.26. The summed E-state index contributed by atoms with van der Waals surface area (Å²) in [5.41, 5.74) is 4.19. The van der Waals surface area contributed by atoms with Crippen LogP contribution >= 0.6 is 0 Å². The Labute approximate surface area is 188 Å². The summed E-state index contributed by atoms with van der Waals surface area (Å²) in [5, 5.41) is 16.5. The predicted molar refractivity (Wildman–Crippen MR) is 115 cm³/mol. The second-order valence-electron chi connectivity index (χ2n) is 7.84. The van der Waals surface area contributed by atoms with Crippen molar-refractivity contribution in [1.82, 2.24) is 25.2 Å². The van der Waals surface area contributed by atoms with Crippen molar-refractivity contribution in [3.63, 3.8) is 0 Å². The Hall–Kier alpha value is -3.86. The minimum atomic E-state index is -1.12. The molecule has 0 saturated carbocycles. The van der Waals surface area contributed by atoms with Gasteiger partial charge < -0.3 is 15.3 Å². The van der Waals surface area contributed by atoms with Gasteiger partial charge >= 0.3 is 5.97 Å². The normalized spacial score (nSPS) is 16.1. The number of nitrogens with zero attached hydrogens (tertiary/aromatic N) is 4. The van der Waals surface area contributed by atoms with E-state index < -0.39 is 17.8 Å². The number of hydrogen-bond donors (Lipinski definition) is 3. The van der Waals surface area contributed by atoms with Gasteiger partial charge in [-0.3, -0.25) is 4.68 Å². The topological polar surface area (TPSA) is 114 Å². The minimum Gasteiger partial charge on any atom is -0.480 e. The van der Waals surface area contributed by atoms with Crippen molar-refractivity contribution in [1.29, 1.82) is 0 Å². The number of rotatable bonds is 8. The third kappa shape index (κ3) is 4.82. The summed E-state index contributed by atoms with van der Waals surface area (Å²) >= 11 is 0. The molecule has 0 radical (unpaired) electrons. The van der Waals surface area contributed by atoms with Crippen LogP contribution in [0.2, 0.25) is 0 Å². The van der Waals surface area contributed by atoms with E-state index in [1.807, 2.05) is 0 Å². The van der Waals surface area contributed by atoms with E-state index in [9.17, 15) is 18.7 Å². The first kappa shape index (κ1) is 22.3. The zero-order chi connectivity index (χ0) is 23.5. The summed E-state index contributed by atoms with van der Waals surface area (Å²) in [6.07, 6.45) is 4.20. The van der Waals surface area contributed by atoms with Gasteiger partial charge in [0, 0.05) is 5.56 Å². The lowest BCUT2D eigenvalue weighted by Gasteiger charge is -2.18. The van der Waals surface area contributed by atoms with Gasteiger partial charge in [0.25, 0.3) is 0 Å². The highest BCUT2D eigenvalue weighted by molar-refractivity contribution is 5.77. The molecule has 33 heavy (non-hydrogen) atoms. The van der Waals surface area contributed by atoms with Crippen LogP contribution in [0.5, 0.6) is 0 Å². The number of hydrogen-bond acceptors (Lipinski definition) is 7. The van der Waals surface area contributed by atoms with Crippen molar-refractivity contribution >= 4 is 11.8 Å². The maximum atomic E-state index is 14.4. The van der Waals surface area contributed by atoms with Gasteiger partial charge in [-0.25, -0.2) is 23.5 Å². The lowest BCUT2D eigenvalue weighted by atomic mass is 10.1. The fourth-order valence-electron chi connectivity index (χ4n) is 3.39. The van der Waals surface area contributed by atoms with E-state index in [4.69, 9.17) is 4.84 Å². The van der Waals surface area contributed by atoms with Crippen molar-refractivity contribution in [3.05, 3.63) is 71.8 Å². The first-order valence-electron chi connectivity index (χ1n) is 10.2. The van der Waals surface area contributed by atoms with E-state index in [0.29, 0.717) is 17.0 Å². The summed E-state index contributed by atoms with van der Waals surface area (Å²) in [4.78, 5) is 24.8. The van der Waals surface area contributed by atoms with Gasteiger partial charge in [0.05, 0.1) is 18.4 Å². The molecule has 3 heterocycles. The lowest BCUT2D eigenvalue weighted by Crippen LogP contribution is -2.35. The fraction of sp³-hybridized carbons (Fsp3) is 0.273. The lowest BCUT2D eigenvalue weighted by molar-refractivity contribution is -0.138. The number of benzene rings is 1. The number of anilines is 1.